The minimum atomic E-state index is -2.33. The summed E-state index contributed by atoms with van der Waals surface area (Å²) in [5, 5.41) is 21.6. The standard InChI is InChI=1S/C18H19NO5/c1-10(20)19-12-7-5-4-6-11(12)18(24,16(19)23)15-13(21)8-17(2,3)9-14(15)22/h4-7,21,24H,8-9H2,1-3H3. The van der Waals surface area contributed by atoms with Crippen molar-refractivity contribution in [3.8, 4) is 0 Å². The molecule has 2 aliphatic rings. The van der Waals surface area contributed by atoms with Crippen molar-refractivity contribution < 1.29 is 24.6 Å². The van der Waals surface area contributed by atoms with Crippen LogP contribution in [0.4, 0.5) is 5.69 Å². The number of carbonyl (C=O) groups is 3. The summed E-state index contributed by atoms with van der Waals surface area (Å²) in [5.74, 6) is -2.27. The lowest BCUT2D eigenvalue weighted by atomic mass is 9.71. The summed E-state index contributed by atoms with van der Waals surface area (Å²) in [6, 6.07) is 6.26. The Morgan fingerprint density at radius 3 is 2.38 bits per heavy atom. The molecule has 2 amide bonds. The van der Waals surface area contributed by atoms with E-state index in [2.05, 4.69) is 0 Å². The number of para-hydroxylation sites is 1. The second-order valence-corrected chi connectivity index (χ2v) is 7.15. The van der Waals surface area contributed by atoms with E-state index in [-0.39, 0.29) is 35.4 Å². The third kappa shape index (κ3) is 2.10. The highest BCUT2D eigenvalue weighted by atomic mass is 16.3. The van der Waals surface area contributed by atoms with Gasteiger partial charge in [0.15, 0.2) is 5.78 Å². The van der Waals surface area contributed by atoms with Gasteiger partial charge < -0.3 is 10.2 Å². The Morgan fingerprint density at radius 1 is 1.17 bits per heavy atom. The van der Waals surface area contributed by atoms with Gasteiger partial charge in [0.1, 0.15) is 5.76 Å². The molecule has 6 heteroatoms. The van der Waals surface area contributed by atoms with Gasteiger partial charge in [0.2, 0.25) is 11.5 Å². The number of fused-ring (bicyclic) bond motifs is 1. The van der Waals surface area contributed by atoms with Crippen LogP contribution >= 0.6 is 0 Å². The highest BCUT2D eigenvalue weighted by Gasteiger charge is 2.57. The molecule has 0 spiro atoms. The van der Waals surface area contributed by atoms with E-state index in [0.717, 1.165) is 4.90 Å². The van der Waals surface area contributed by atoms with Crippen LogP contribution in [-0.2, 0) is 20.0 Å². The Kier molecular flexibility index (Phi) is 3.42. The molecule has 1 atom stereocenters. The summed E-state index contributed by atoms with van der Waals surface area (Å²) in [4.78, 5) is 38.2. The summed E-state index contributed by atoms with van der Waals surface area (Å²) in [6.07, 6.45) is 0.274. The molecule has 1 aliphatic heterocycles. The van der Waals surface area contributed by atoms with Gasteiger partial charge in [-0.1, -0.05) is 32.0 Å². The Labute approximate surface area is 139 Å². The molecule has 1 aromatic carbocycles. The zero-order valence-corrected chi connectivity index (χ0v) is 13.8. The number of allylic oxidation sites excluding steroid dienone is 1. The van der Waals surface area contributed by atoms with Crippen LogP contribution < -0.4 is 4.90 Å². The first-order valence-corrected chi connectivity index (χ1v) is 7.72. The quantitative estimate of drug-likeness (QED) is 0.821. The van der Waals surface area contributed by atoms with Crippen molar-refractivity contribution in [3.63, 3.8) is 0 Å². The van der Waals surface area contributed by atoms with Gasteiger partial charge in [-0.15, -0.1) is 0 Å². The first kappa shape index (κ1) is 16.4. The number of carbonyl (C=O) groups excluding carboxylic acids is 3. The fourth-order valence-corrected chi connectivity index (χ4v) is 3.61. The van der Waals surface area contributed by atoms with Gasteiger partial charge in [-0.25, -0.2) is 4.90 Å². The number of hydrogen-bond acceptors (Lipinski definition) is 5. The van der Waals surface area contributed by atoms with Gasteiger partial charge in [-0.3, -0.25) is 14.4 Å². The summed E-state index contributed by atoms with van der Waals surface area (Å²) >= 11 is 0. The van der Waals surface area contributed by atoms with Crippen molar-refractivity contribution in [2.24, 2.45) is 5.41 Å². The number of anilines is 1. The van der Waals surface area contributed by atoms with E-state index in [1.54, 1.807) is 12.1 Å². The Bertz CT molecular complexity index is 807. The van der Waals surface area contributed by atoms with Crippen molar-refractivity contribution in [2.75, 3.05) is 4.90 Å². The minimum Gasteiger partial charge on any atom is -0.512 e. The lowest BCUT2D eigenvalue weighted by molar-refractivity contribution is -0.139. The molecule has 0 saturated carbocycles. The SMILES string of the molecule is CC(=O)N1C(=O)C(O)(C2=C(O)CC(C)(C)CC2=O)c2ccccc21. The van der Waals surface area contributed by atoms with E-state index in [4.69, 9.17) is 0 Å². The largest absolute Gasteiger partial charge is 0.512 e. The van der Waals surface area contributed by atoms with Crippen LogP contribution in [0.5, 0.6) is 0 Å². The fourth-order valence-electron chi connectivity index (χ4n) is 3.61. The van der Waals surface area contributed by atoms with Crippen molar-refractivity contribution in [1.82, 2.24) is 0 Å². The second kappa shape index (κ2) is 5.01. The number of aliphatic hydroxyl groups excluding tert-OH is 1. The molecule has 1 heterocycles. The molecule has 0 radical (unpaired) electrons. The van der Waals surface area contributed by atoms with Crippen LogP contribution in [0, 0.1) is 5.41 Å². The van der Waals surface area contributed by atoms with Crippen molar-refractivity contribution in [3.05, 3.63) is 41.2 Å². The van der Waals surface area contributed by atoms with E-state index in [9.17, 15) is 24.6 Å². The average molecular weight is 329 g/mol. The molecule has 2 N–H and O–H groups in total. The lowest BCUT2D eigenvalue weighted by Crippen LogP contribution is -2.47. The van der Waals surface area contributed by atoms with E-state index in [1.807, 2.05) is 13.8 Å². The highest BCUT2D eigenvalue weighted by Crippen LogP contribution is 2.49. The molecule has 1 aromatic rings. The monoisotopic (exact) mass is 329 g/mol. The summed E-state index contributed by atoms with van der Waals surface area (Å²) in [6.45, 7) is 4.86. The molecule has 126 valence electrons. The van der Waals surface area contributed by atoms with E-state index in [0.29, 0.717) is 0 Å². The minimum absolute atomic E-state index is 0.101. The second-order valence-electron chi connectivity index (χ2n) is 7.15. The third-order valence-corrected chi connectivity index (χ3v) is 4.58. The molecule has 6 nitrogen and oxygen atoms in total. The Hall–Kier alpha value is -2.47. The molecular formula is C18H19NO5. The lowest BCUT2D eigenvalue weighted by Gasteiger charge is -2.34. The zero-order chi connectivity index (χ0) is 17.9. The predicted molar refractivity (Wildman–Crippen MR) is 86.2 cm³/mol. The molecule has 0 fully saturated rings. The van der Waals surface area contributed by atoms with E-state index < -0.39 is 28.6 Å². The van der Waals surface area contributed by atoms with Crippen LogP contribution in [0.3, 0.4) is 0 Å². The van der Waals surface area contributed by atoms with Crippen LogP contribution in [0.25, 0.3) is 0 Å². The summed E-state index contributed by atoms with van der Waals surface area (Å²) in [7, 11) is 0. The number of nitrogens with zero attached hydrogens (tertiary/aromatic N) is 1. The molecule has 0 aromatic heterocycles. The molecule has 1 unspecified atom stereocenters. The number of Topliss-reactive ketones (excluding diaryl/α,β-unsaturated/α-hetero) is 1. The normalized spacial score (nSPS) is 25.9. The van der Waals surface area contributed by atoms with Crippen LogP contribution in [0.15, 0.2) is 35.6 Å². The average Bonchev–Trinajstić information content (AvgIpc) is 2.66. The molecular weight excluding hydrogens is 310 g/mol. The topological polar surface area (TPSA) is 94.9 Å². The van der Waals surface area contributed by atoms with Crippen molar-refractivity contribution >= 4 is 23.3 Å². The summed E-state index contributed by atoms with van der Waals surface area (Å²) < 4.78 is 0. The molecule has 24 heavy (non-hydrogen) atoms. The van der Waals surface area contributed by atoms with Gasteiger partial charge in [0.05, 0.1) is 11.3 Å². The summed E-state index contributed by atoms with van der Waals surface area (Å²) in [5.41, 5.74) is -2.74. The number of aliphatic hydroxyl groups is 2. The van der Waals surface area contributed by atoms with E-state index >= 15 is 0 Å². The van der Waals surface area contributed by atoms with Gasteiger partial charge in [-0.2, -0.15) is 0 Å². The number of hydrogen-bond donors (Lipinski definition) is 2. The van der Waals surface area contributed by atoms with Crippen LogP contribution in [-0.4, -0.2) is 27.8 Å². The maximum atomic E-state index is 12.8. The first-order chi connectivity index (χ1) is 11.1. The van der Waals surface area contributed by atoms with Crippen molar-refractivity contribution in [2.45, 2.75) is 39.2 Å². The Morgan fingerprint density at radius 2 is 1.79 bits per heavy atom. The fraction of sp³-hybridized carbons (Fsp3) is 0.389. The number of rotatable bonds is 1. The smallest absolute Gasteiger partial charge is 0.275 e. The van der Waals surface area contributed by atoms with Crippen molar-refractivity contribution in [1.29, 1.82) is 0 Å². The number of imide groups is 1. The molecule has 3 rings (SSSR count). The molecule has 0 bridgehead atoms. The predicted octanol–water partition coefficient (Wildman–Crippen LogP) is 1.97. The molecule has 1 aliphatic carbocycles. The Balaban J connectivity index is 2.26. The van der Waals surface area contributed by atoms with Gasteiger partial charge in [0, 0.05) is 25.3 Å². The number of amides is 2. The maximum Gasteiger partial charge on any atom is 0.275 e. The zero-order valence-electron chi connectivity index (χ0n) is 13.8. The number of ketones is 1. The van der Waals surface area contributed by atoms with E-state index in [1.165, 1.54) is 19.1 Å². The van der Waals surface area contributed by atoms with Crippen LogP contribution in [0.1, 0.15) is 39.2 Å². The third-order valence-electron chi connectivity index (χ3n) is 4.58. The van der Waals surface area contributed by atoms with Gasteiger partial charge >= 0.3 is 0 Å². The number of benzene rings is 1. The maximum absolute atomic E-state index is 12.8. The molecule has 0 saturated heterocycles. The van der Waals surface area contributed by atoms with Crippen LogP contribution in [0.2, 0.25) is 0 Å². The highest BCUT2D eigenvalue weighted by molar-refractivity contribution is 6.25. The van der Waals surface area contributed by atoms with Gasteiger partial charge in [0.25, 0.3) is 5.91 Å². The first-order valence-electron chi connectivity index (χ1n) is 7.72. The van der Waals surface area contributed by atoms with Gasteiger partial charge in [-0.05, 0) is 11.5 Å².